The highest BCUT2D eigenvalue weighted by atomic mass is 16.5. The SMILES string of the molecule is COC(=O)N[C@H](C(=O)N1CC2(CC2)C[C@H]1c1nc(-c2ccc3c(c2)C(=O)c2cc(-c4ccc5[nH]c([C@H]6N[C@@H]7CC[C@H]6C7)nc5c4)ccc2-3)c[nH]1)C(C)C. The summed E-state index contributed by atoms with van der Waals surface area (Å²) >= 11 is 0. The van der Waals surface area contributed by atoms with Crippen molar-refractivity contribution < 1.29 is 19.1 Å². The van der Waals surface area contributed by atoms with Crippen LogP contribution in [-0.4, -0.2) is 68.4 Å². The second-order valence-corrected chi connectivity index (χ2v) is 16.3. The van der Waals surface area contributed by atoms with Crippen LogP contribution < -0.4 is 10.6 Å². The first kappa shape index (κ1) is 32.4. The van der Waals surface area contributed by atoms with Gasteiger partial charge in [-0.05, 0) is 102 Å². The van der Waals surface area contributed by atoms with Crippen molar-refractivity contribution in [3.05, 3.63) is 83.6 Å². The zero-order chi connectivity index (χ0) is 36.2. The van der Waals surface area contributed by atoms with Crippen LogP contribution in [0.5, 0.6) is 0 Å². The number of nitrogens with one attached hydrogen (secondary N) is 4. The molecule has 11 heteroatoms. The topological polar surface area (TPSA) is 145 Å². The highest BCUT2D eigenvalue weighted by molar-refractivity contribution is 6.22. The van der Waals surface area contributed by atoms with Gasteiger partial charge in [-0.3, -0.25) is 9.59 Å². The summed E-state index contributed by atoms with van der Waals surface area (Å²) in [6.07, 6.45) is 7.98. The van der Waals surface area contributed by atoms with Gasteiger partial charge in [0.05, 0.1) is 35.9 Å². The van der Waals surface area contributed by atoms with Gasteiger partial charge in [0.15, 0.2) is 5.78 Å². The Morgan fingerprint density at radius 1 is 0.925 bits per heavy atom. The van der Waals surface area contributed by atoms with Crippen molar-refractivity contribution in [3.63, 3.8) is 0 Å². The fourth-order valence-corrected chi connectivity index (χ4v) is 9.54. The summed E-state index contributed by atoms with van der Waals surface area (Å²) in [5.74, 6) is 2.16. The number of benzene rings is 3. The number of ether oxygens (including phenoxy) is 1. The van der Waals surface area contributed by atoms with E-state index in [0.717, 1.165) is 69.6 Å². The monoisotopic (exact) mass is 709 g/mol. The number of fused-ring (bicyclic) bond motifs is 6. The van der Waals surface area contributed by atoms with Gasteiger partial charge < -0.3 is 30.2 Å². The number of carbonyl (C=O) groups excluding carboxylic acids is 3. The Balaban J connectivity index is 0.898. The van der Waals surface area contributed by atoms with E-state index < -0.39 is 12.1 Å². The maximum atomic E-state index is 14.0. The van der Waals surface area contributed by atoms with E-state index in [0.29, 0.717) is 41.5 Å². The number of H-pyrrole nitrogens is 2. The number of nitrogens with zero attached hydrogens (tertiary/aromatic N) is 3. The number of likely N-dealkylation sites (tertiary alicyclic amines) is 1. The van der Waals surface area contributed by atoms with Gasteiger partial charge in [0, 0.05) is 35.5 Å². The fourth-order valence-electron chi connectivity index (χ4n) is 9.54. The number of alkyl carbamates (subject to hydrolysis) is 1. The second kappa shape index (κ2) is 11.9. The summed E-state index contributed by atoms with van der Waals surface area (Å²) in [5.41, 5.74) is 8.85. The molecule has 3 aliphatic carbocycles. The van der Waals surface area contributed by atoms with Crippen LogP contribution in [0.15, 0.2) is 60.8 Å². The summed E-state index contributed by atoms with van der Waals surface area (Å²) < 4.78 is 4.81. The van der Waals surface area contributed by atoms with Gasteiger partial charge in [-0.15, -0.1) is 0 Å². The Kier molecular flexibility index (Phi) is 7.24. The number of rotatable bonds is 7. The van der Waals surface area contributed by atoms with Gasteiger partial charge in [0.2, 0.25) is 5.91 Å². The normalized spacial score (nSPS) is 23.9. The lowest BCUT2D eigenvalue weighted by Gasteiger charge is -2.30. The molecule has 0 unspecified atom stereocenters. The van der Waals surface area contributed by atoms with E-state index in [4.69, 9.17) is 14.7 Å². The van der Waals surface area contributed by atoms with Crippen molar-refractivity contribution in [3.8, 4) is 33.5 Å². The number of hydrogen-bond acceptors (Lipinski definition) is 7. The van der Waals surface area contributed by atoms with Gasteiger partial charge in [-0.25, -0.2) is 14.8 Å². The molecule has 10 rings (SSSR count). The third kappa shape index (κ3) is 5.30. The minimum atomic E-state index is -0.701. The molecule has 1 spiro atoms. The molecule has 5 aromatic rings. The molecule has 4 fully saturated rings. The summed E-state index contributed by atoms with van der Waals surface area (Å²) in [6.45, 7) is 4.48. The van der Waals surface area contributed by atoms with Gasteiger partial charge in [-0.2, -0.15) is 0 Å². The first-order chi connectivity index (χ1) is 25.7. The molecular weight excluding hydrogens is 667 g/mol. The largest absolute Gasteiger partial charge is 0.453 e. The zero-order valence-electron chi connectivity index (χ0n) is 30.2. The van der Waals surface area contributed by atoms with E-state index in [9.17, 15) is 14.4 Å². The van der Waals surface area contributed by atoms with Crippen LogP contribution in [0.2, 0.25) is 0 Å². The minimum absolute atomic E-state index is 0.000951. The Bertz CT molecular complexity index is 2340. The molecule has 2 amide bonds. The Hall–Kier alpha value is -5.29. The van der Waals surface area contributed by atoms with Crippen LogP contribution in [0.1, 0.15) is 92.0 Å². The van der Waals surface area contributed by atoms with Crippen molar-refractivity contribution >= 4 is 28.8 Å². The molecule has 5 atom stereocenters. The molecular formula is C42H43N7O4. The zero-order valence-corrected chi connectivity index (χ0v) is 30.2. The van der Waals surface area contributed by atoms with Gasteiger partial charge in [-0.1, -0.05) is 44.2 Å². The van der Waals surface area contributed by atoms with Gasteiger partial charge in [0.1, 0.15) is 17.7 Å². The summed E-state index contributed by atoms with van der Waals surface area (Å²) in [6, 6.07) is 18.4. The standard InChI is InChI=1S/C42H43N7O4/c1-21(2)35(48-41(52)53-3)40(51)49-20-42(12-13-42)18-34(49)38-43-19-33(47-38)24-6-10-28-27-9-5-22(15-29(27)37(50)30(28)16-24)23-7-11-31-32(17-23)46-39(45-31)36-25-4-8-26(14-25)44-36/h5-7,9-11,15-17,19,21,25-26,34-36,44H,4,8,12-14,18,20H2,1-3H3,(H,43,47)(H,45,46)(H,48,52)/t25-,26+,34-,35-,36-/m0/s1. The molecule has 4 heterocycles. The smallest absolute Gasteiger partial charge is 0.407 e. The van der Waals surface area contributed by atoms with E-state index in [-0.39, 0.29) is 29.1 Å². The van der Waals surface area contributed by atoms with Crippen LogP contribution in [0.4, 0.5) is 4.79 Å². The van der Waals surface area contributed by atoms with Gasteiger partial charge >= 0.3 is 6.09 Å². The lowest BCUT2D eigenvalue weighted by atomic mass is 9.98. The molecule has 2 aliphatic heterocycles. The van der Waals surface area contributed by atoms with E-state index in [1.165, 1.54) is 26.4 Å². The third-order valence-corrected chi connectivity index (χ3v) is 12.7. The third-order valence-electron chi connectivity index (χ3n) is 12.7. The number of carbonyl (C=O) groups is 3. The first-order valence-electron chi connectivity index (χ1n) is 19.0. The molecule has 2 aromatic heterocycles. The molecule has 11 nitrogen and oxygen atoms in total. The number of amides is 2. The van der Waals surface area contributed by atoms with E-state index in [1.807, 2.05) is 49.2 Å². The number of ketones is 1. The van der Waals surface area contributed by atoms with Crippen LogP contribution >= 0.6 is 0 Å². The summed E-state index contributed by atoms with van der Waals surface area (Å²) in [4.78, 5) is 58.8. The maximum Gasteiger partial charge on any atom is 0.407 e. The predicted molar refractivity (Wildman–Crippen MR) is 200 cm³/mol. The first-order valence-corrected chi connectivity index (χ1v) is 19.0. The van der Waals surface area contributed by atoms with Gasteiger partial charge in [0.25, 0.3) is 0 Å². The minimum Gasteiger partial charge on any atom is -0.453 e. The molecule has 3 aromatic carbocycles. The molecule has 5 aliphatic rings. The molecule has 2 saturated carbocycles. The average molecular weight is 710 g/mol. The van der Waals surface area contributed by atoms with Crippen molar-refractivity contribution in [1.29, 1.82) is 0 Å². The Labute approximate surface area is 307 Å². The molecule has 2 bridgehead atoms. The molecule has 270 valence electrons. The Morgan fingerprint density at radius 3 is 2.36 bits per heavy atom. The lowest BCUT2D eigenvalue weighted by molar-refractivity contribution is -0.135. The fraction of sp³-hybridized carbons (Fsp3) is 0.405. The maximum absolute atomic E-state index is 14.0. The van der Waals surface area contributed by atoms with E-state index >= 15 is 0 Å². The van der Waals surface area contributed by atoms with E-state index in [1.54, 1.807) is 0 Å². The predicted octanol–water partition coefficient (Wildman–Crippen LogP) is 7.08. The number of aromatic amines is 2. The number of hydrogen-bond donors (Lipinski definition) is 4. The number of aromatic nitrogens is 4. The molecule has 2 saturated heterocycles. The van der Waals surface area contributed by atoms with Crippen LogP contribution in [0.3, 0.4) is 0 Å². The van der Waals surface area contributed by atoms with Crippen molar-refractivity contribution in [2.75, 3.05) is 13.7 Å². The number of imidazole rings is 2. The van der Waals surface area contributed by atoms with Crippen LogP contribution in [0, 0.1) is 17.3 Å². The summed E-state index contributed by atoms with van der Waals surface area (Å²) in [5, 5.41) is 6.48. The second-order valence-electron chi connectivity index (χ2n) is 16.3. The molecule has 0 radical (unpaired) electrons. The molecule has 4 N–H and O–H groups in total. The van der Waals surface area contributed by atoms with Crippen molar-refractivity contribution in [2.24, 2.45) is 17.3 Å². The molecule has 53 heavy (non-hydrogen) atoms. The highest BCUT2D eigenvalue weighted by Gasteiger charge is 2.55. The average Bonchev–Trinajstić information content (AvgIpc) is 3.84. The Morgan fingerprint density at radius 2 is 1.66 bits per heavy atom. The lowest BCUT2D eigenvalue weighted by Crippen LogP contribution is -2.51. The van der Waals surface area contributed by atoms with Crippen LogP contribution in [0.25, 0.3) is 44.5 Å². The number of methoxy groups -OCH3 is 1. The highest BCUT2D eigenvalue weighted by Crippen LogP contribution is 2.58. The van der Waals surface area contributed by atoms with Crippen LogP contribution in [-0.2, 0) is 9.53 Å². The van der Waals surface area contributed by atoms with Crippen molar-refractivity contribution in [1.82, 2.24) is 35.5 Å². The summed E-state index contributed by atoms with van der Waals surface area (Å²) in [7, 11) is 1.30. The van der Waals surface area contributed by atoms with Crippen molar-refractivity contribution in [2.45, 2.75) is 76.5 Å². The van der Waals surface area contributed by atoms with E-state index in [2.05, 4.69) is 50.9 Å². The number of piperidine rings is 1. The quantitative estimate of drug-likeness (QED) is 0.139.